The number of Topliss-reactive ketones (excluding diaryl/α,β-unsaturated/α-hetero) is 2. The van der Waals surface area contributed by atoms with Crippen molar-refractivity contribution in [2.24, 2.45) is 11.8 Å². The number of piperidine rings is 1. The number of carbonyl (C=O) groups excluding carboxylic acids is 2. The van der Waals surface area contributed by atoms with Gasteiger partial charge in [-0.1, -0.05) is 32.1 Å². The molecule has 2 rings (SSSR count). The largest absolute Gasteiger partial charge is 0.316 e. The van der Waals surface area contributed by atoms with Gasteiger partial charge in [0.05, 0.1) is 0 Å². The molecule has 2 unspecified atom stereocenters. The van der Waals surface area contributed by atoms with Gasteiger partial charge in [-0.2, -0.15) is 0 Å². The summed E-state index contributed by atoms with van der Waals surface area (Å²) >= 11 is 0. The molecule has 0 aromatic rings. The maximum absolute atomic E-state index is 12.3. The van der Waals surface area contributed by atoms with Gasteiger partial charge in [0, 0.05) is 31.2 Å². The summed E-state index contributed by atoms with van der Waals surface area (Å²) in [4.78, 5) is 24.6. The van der Waals surface area contributed by atoms with Crippen LogP contribution in [0.3, 0.4) is 0 Å². The summed E-state index contributed by atoms with van der Waals surface area (Å²) < 4.78 is 0. The summed E-state index contributed by atoms with van der Waals surface area (Å²) in [5, 5.41) is 3.29. The second-order valence-electron chi connectivity index (χ2n) is 6.11. The van der Waals surface area contributed by atoms with Gasteiger partial charge in [0.25, 0.3) is 0 Å². The Kier molecular flexibility index (Phi) is 6.02. The summed E-state index contributed by atoms with van der Waals surface area (Å²) in [7, 11) is 0. The van der Waals surface area contributed by atoms with Crippen LogP contribution in [0, 0.1) is 11.8 Å². The number of carbonyl (C=O) groups is 2. The van der Waals surface area contributed by atoms with Crippen LogP contribution in [0.15, 0.2) is 0 Å². The molecule has 19 heavy (non-hydrogen) atoms. The first kappa shape index (κ1) is 14.7. The highest BCUT2D eigenvalue weighted by atomic mass is 16.1. The van der Waals surface area contributed by atoms with Gasteiger partial charge in [-0.25, -0.2) is 0 Å². The van der Waals surface area contributed by atoms with Gasteiger partial charge in [-0.3, -0.25) is 9.59 Å². The fourth-order valence-corrected chi connectivity index (χ4v) is 3.44. The van der Waals surface area contributed by atoms with E-state index in [2.05, 4.69) is 5.32 Å². The molecule has 2 aliphatic rings. The SMILES string of the molecule is O=C1CCCCCCCCCC(=O)C2CNCCC12. The average molecular weight is 265 g/mol. The van der Waals surface area contributed by atoms with Crippen molar-refractivity contribution in [2.45, 2.75) is 64.2 Å². The van der Waals surface area contributed by atoms with Gasteiger partial charge in [-0.05, 0) is 25.8 Å². The van der Waals surface area contributed by atoms with Crippen LogP contribution in [0.5, 0.6) is 0 Å². The molecule has 0 bridgehead atoms. The van der Waals surface area contributed by atoms with E-state index in [9.17, 15) is 9.59 Å². The lowest BCUT2D eigenvalue weighted by molar-refractivity contribution is -0.133. The Hall–Kier alpha value is -0.700. The zero-order valence-corrected chi connectivity index (χ0v) is 12.0. The highest BCUT2D eigenvalue weighted by Gasteiger charge is 2.34. The normalized spacial score (nSPS) is 31.8. The lowest BCUT2D eigenvalue weighted by Gasteiger charge is -2.30. The summed E-state index contributed by atoms with van der Waals surface area (Å²) in [5.41, 5.74) is 0. The molecular formula is C16H27NO2. The van der Waals surface area contributed by atoms with Crippen molar-refractivity contribution in [3.8, 4) is 0 Å². The maximum Gasteiger partial charge on any atom is 0.137 e. The Labute approximate surface area is 116 Å². The molecule has 1 aliphatic heterocycles. The fourth-order valence-electron chi connectivity index (χ4n) is 3.44. The third-order valence-corrected chi connectivity index (χ3v) is 4.66. The van der Waals surface area contributed by atoms with Crippen LogP contribution in [0.25, 0.3) is 0 Å². The van der Waals surface area contributed by atoms with Gasteiger partial charge < -0.3 is 5.32 Å². The molecule has 3 nitrogen and oxygen atoms in total. The highest BCUT2D eigenvalue weighted by molar-refractivity contribution is 5.90. The van der Waals surface area contributed by atoms with E-state index in [4.69, 9.17) is 0 Å². The minimum absolute atomic E-state index is 0.00880. The van der Waals surface area contributed by atoms with Crippen LogP contribution in [0.1, 0.15) is 64.2 Å². The molecule has 0 aromatic carbocycles. The standard InChI is InChI=1S/C16H27NO2/c18-15-8-6-4-2-1-3-5-7-9-16(19)14-12-17-11-10-13(14)15/h13-14,17H,1-12H2. The molecular weight excluding hydrogens is 238 g/mol. The van der Waals surface area contributed by atoms with E-state index >= 15 is 0 Å². The Bertz CT molecular complexity index is 284. The monoisotopic (exact) mass is 265 g/mol. The lowest BCUT2D eigenvalue weighted by atomic mass is 9.78. The second kappa shape index (κ2) is 7.78. The first-order valence-electron chi connectivity index (χ1n) is 8.05. The first-order valence-corrected chi connectivity index (χ1v) is 8.05. The van der Waals surface area contributed by atoms with Gasteiger partial charge >= 0.3 is 0 Å². The number of rotatable bonds is 0. The third kappa shape index (κ3) is 4.41. The van der Waals surface area contributed by atoms with Crippen molar-refractivity contribution in [1.29, 1.82) is 0 Å². The number of fused-ring (bicyclic) bond motifs is 1. The van der Waals surface area contributed by atoms with Crippen molar-refractivity contribution in [3.63, 3.8) is 0 Å². The third-order valence-electron chi connectivity index (χ3n) is 4.66. The highest BCUT2D eigenvalue weighted by Crippen LogP contribution is 2.26. The van der Waals surface area contributed by atoms with E-state index < -0.39 is 0 Å². The molecule has 0 aromatic heterocycles. The maximum atomic E-state index is 12.3. The Morgan fingerprint density at radius 3 is 1.89 bits per heavy atom. The number of hydrogen-bond donors (Lipinski definition) is 1. The molecule has 0 spiro atoms. The van der Waals surface area contributed by atoms with E-state index in [1.54, 1.807) is 0 Å². The smallest absolute Gasteiger partial charge is 0.137 e. The predicted molar refractivity (Wildman–Crippen MR) is 76.0 cm³/mol. The minimum atomic E-state index is -0.0398. The molecule has 1 saturated heterocycles. The van der Waals surface area contributed by atoms with Crippen LogP contribution >= 0.6 is 0 Å². The minimum Gasteiger partial charge on any atom is -0.316 e. The van der Waals surface area contributed by atoms with Crippen molar-refractivity contribution in [2.75, 3.05) is 13.1 Å². The van der Waals surface area contributed by atoms with E-state index in [-0.39, 0.29) is 11.8 Å². The molecule has 1 aliphatic carbocycles. The molecule has 3 heteroatoms. The first-order chi connectivity index (χ1) is 9.29. The van der Waals surface area contributed by atoms with Gasteiger partial charge in [0.2, 0.25) is 0 Å². The summed E-state index contributed by atoms with van der Waals surface area (Å²) in [6, 6.07) is 0. The van der Waals surface area contributed by atoms with E-state index in [1.165, 1.54) is 32.1 Å². The van der Waals surface area contributed by atoms with Crippen LogP contribution in [0.4, 0.5) is 0 Å². The van der Waals surface area contributed by atoms with Crippen molar-refractivity contribution in [1.82, 2.24) is 5.32 Å². The molecule has 2 atom stereocenters. The Balaban J connectivity index is 2.00. The van der Waals surface area contributed by atoms with E-state index in [0.717, 1.165) is 32.4 Å². The van der Waals surface area contributed by atoms with Crippen LogP contribution in [0.2, 0.25) is 0 Å². The van der Waals surface area contributed by atoms with Crippen molar-refractivity contribution >= 4 is 11.6 Å². The molecule has 0 amide bonds. The molecule has 2 fully saturated rings. The Morgan fingerprint density at radius 2 is 1.26 bits per heavy atom. The zero-order chi connectivity index (χ0) is 13.5. The predicted octanol–water partition coefficient (Wildman–Crippen LogP) is 2.87. The zero-order valence-electron chi connectivity index (χ0n) is 12.0. The van der Waals surface area contributed by atoms with Crippen LogP contribution < -0.4 is 5.32 Å². The average Bonchev–Trinajstić information content (AvgIpc) is 2.45. The van der Waals surface area contributed by atoms with Crippen LogP contribution in [-0.2, 0) is 9.59 Å². The molecule has 1 N–H and O–H groups in total. The molecule has 108 valence electrons. The number of nitrogens with one attached hydrogen (secondary N) is 1. The van der Waals surface area contributed by atoms with E-state index in [0.29, 0.717) is 24.4 Å². The van der Waals surface area contributed by atoms with Gasteiger partial charge in [-0.15, -0.1) is 0 Å². The van der Waals surface area contributed by atoms with Crippen molar-refractivity contribution < 1.29 is 9.59 Å². The molecule has 1 heterocycles. The summed E-state index contributed by atoms with van der Waals surface area (Å²) in [6.07, 6.45) is 10.3. The quantitative estimate of drug-likeness (QED) is 0.732. The van der Waals surface area contributed by atoms with Gasteiger partial charge in [0.1, 0.15) is 11.6 Å². The second-order valence-corrected chi connectivity index (χ2v) is 6.11. The summed E-state index contributed by atoms with van der Waals surface area (Å²) in [5.74, 6) is 0.639. The lowest BCUT2D eigenvalue weighted by Crippen LogP contribution is -2.44. The number of ketones is 2. The summed E-state index contributed by atoms with van der Waals surface area (Å²) in [6.45, 7) is 1.61. The van der Waals surface area contributed by atoms with Gasteiger partial charge in [0.15, 0.2) is 0 Å². The molecule has 1 saturated carbocycles. The number of hydrogen-bond acceptors (Lipinski definition) is 3. The van der Waals surface area contributed by atoms with E-state index in [1.807, 2.05) is 0 Å². The topological polar surface area (TPSA) is 46.2 Å². The Morgan fingerprint density at radius 1 is 0.737 bits per heavy atom. The molecule has 0 radical (unpaired) electrons. The van der Waals surface area contributed by atoms with Crippen LogP contribution in [-0.4, -0.2) is 24.7 Å². The van der Waals surface area contributed by atoms with Crippen molar-refractivity contribution in [3.05, 3.63) is 0 Å². The fraction of sp³-hybridized carbons (Fsp3) is 0.875.